The van der Waals surface area contributed by atoms with Crippen LogP contribution in [-0.4, -0.2) is 20.7 Å². The number of carbonyl (C=O) groups is 1. The van der Waals surface area contributed by atoms with E-state index in [0.717, 1.165) is 5.69 Å². The number of hydrogen-bond donors (Lipinski definition) is 2. The molecular weight excluding hydrogens is 456 g/mol. The number of rotatable bonds is 6. The third-order valence-corrected chi connectivity index (χ3v) is 6.41. The molecule has 0 bridgehead atoms. The van der Waals surface area contributed by atoms with Crippen LogP contribution in [-0.2, 0) is 11.3 Å². The molecule has 0 unspecified atom stereocenters. The second-order valence-corrected chi connectivity index (χ2v) is 8.82. The van der Waals surface area contributed by atoms with Crippen molar-refractivity contribution in [1.29, 1.82) is 0 Å². The molecule has 1 aromatic heterocycles. The van der Waals surface area contributed by atoms with Crippen molar-refractivity contribution in [3.8, 4) is 5.88 Å². The van der Waals surface area contributed by atoms with Gasteiger partial charge in [0.1, 0.15) is 6.54 Å². The number of pyridine rings is 1. The standard InChI is InChI=1S/C28H26N4O4/c1-18-24(27(35)32(17-25(33)34)28(36)26(18)29-2)16-19-8-12-22(13-9-19)30-31-23-14-10-21(11-15-23)20-6-4-3-5-7-20/h8-16,20,36H,1,3-7,17H2,(H,33,34). The van der Waals surface area contributed by atoms with Crippen molar-refractivity contribution < 1.29 is 15.0 Å². The molecule has 2 N–H and O–H groups in total. The highest BCUT2D eigenvalue weighted by molar-refractivity contribution is 5.68. The van der Waals surface area contributed by atoms with E-state index in [1.807, 2.05) is 12.1 Å². The average molecular weight is 483 g/mol. The molecule has 2 aromatic carbocycles. The lowest BCUT2D eigenvalue weighted by Gasteiger charge is -2.21. The molecule has 4 rings (SSSR count). The normalized spacial score (nSPS) is 14.7. The van der Waals surface area contributed by atoms with Crippen LogP contribution >= 0.6 is 0 Å². The summed E-state index contributed by atoms with van der Waals surface area (Å²) in [5.41, 5.74) is 2.36. The van der Waals surface area contributed by atoms with Crippen molar-refractivity contribution in [3.05, 3.63) is 91.9 Å². The summed E-state index contributed by atoms with van der Waals surface area (Å²) in [6.07, 6.45) is 7.91. The molecule has 0 aliphatic heterocycles. The summed E-state index contributed by atoms with van der Waals surface area (Å²) in [6.45, 7) is 10.3. The fourth-order valence-corrected chi connectivity index (χ4v) is 4.48. The molecule has 36 heavy (non-hydrogen) atoms. The molecule has 1 aliphatic rings. The molecule has 1 fully saturated rings. The molecule has 0 spiro atoms. The van der Waals surface area contributed by atoms with Crippen LogP contribution in [0.3, 0.4) is 0 Å². The van der Waals surface area contributed by atoms with E-state index in [1.165, 1.54) is 43.7 Å². The van der Waals surface area contributed by atoms with Crippen molar-refractivity contribution in [3.63, 3.8) is 0 Å². The number of benzene rings is 2. The molecular formula is C28H26N4O4. The van der Waals surface area contributed by atoms with Crippen molar-refractivity contribution in [2.75, 3.05) is 0 Å². The molecule has 1 saturated carbocycles. The number of azo groups is 1. The molecule has 3 aromatic rings. The predicted octanol–water partition coefficient (Wildman–Crippen LogP) is 4.89. The molecule has 0 atom stereocenters. The first-order valence-corrected chi connectivity index (χ1v) is 11.7. The smallest absolute Gasteiger partial charge is 0.323 e. The second-order valence-electron chi connectivity index (χ2n) is 8.82. The Morgan fingerprint density at radius 1 is 1.06 bits per heavy atom. The highest BCUT2D eigenvalue weighted by Crippen LogP contribution is 2.33. The molecule has 8 nitrogen and oxygen atoms in total. The Hall–Kier alpha value is -4.51. The van der Waals surface area contributed by atoms with Gasteiger partial charge in [-0.05, 0) is 65.4 Å². The van der Waals surface area contributed by atoms with Gasteiger partial charge in [-0.15, -0.1) is 6.58 Å². The van der Waals surface area contributed by atoms with Crippen LogP contribution in [0.4, 0.5) is 17.1 Å². The fraction of sp³-hybridized carbons (Fsp3) is 0.250. The first kappa shape index (κ1) is 24.6. The Morgan fingerprint density at radius 2 is 1.64 bits per heavy atom. The van der Waals surface area contributed by atoms with Gasteiger partial charge >= 0.3 is 5.97 Å². The minimum absolute atomic E-state index is 0.0347. The zero-order chi connectivity index (χ0) is 25.7. The first-order valence-electron chi connectivity index (χ1n) is 11.7. The number of aliphatic carboxylic acids is 1. The van der Waals surface area contributed by atoms with Gasteiger partial charge in [-0.25, -0.2) is 4.85 Å². The van der Waals surface area contributed by atoms with Gasteiger partial charge in [-0.3, -0.25) is 14.2 Å². The summed E-state index contributed by atoms with van der Waals surface area (Å²) >= 11 is 0. The Labute approximate surface area is 208 Å². The van der Waals surface area contributed by atoms with E-state index in [4.69, 9.17) is 11.7 Å². The maximum Gasteiger partial charge on any atom is 0.323 e. The minimum atomic E-state index is -1.32. The van der Waals surface area contributed by atoms with E-state index in [1.54, 1.807) is 24.3 Å². The molecule has 0 amide bonds. The summed E-state index contributed by atoms with van der Waals surface area (Å²) in [5.74, 6) is -1.38. The maximum absolute atomic E-state index is 12.8. The van der Waals surface area contributed by atoms with E-state index in [2.05, 4.69) is 33.8 Å². The molecule has 1 aliphatic carbocycles. The Balaban J connectivity index is 1.57. The summed E-state index contributed by atoms with van der Waals surface area (Å²) in [5, 5.41) is 27.9. The summed E-state index contributed by atoms with van der Waals surface area (Å²) in [4.78, 5) is 27.1. The molecule has 1 heterocycles. The highest BCUT2D eigenvalue weighted by Gasteiger charge is 2.16. The van der Waals surface area contributed by atoms with Crippen LogP contribution < -0.4 is 16.0 Å². The van der Waals surface area contributed by atoms with Gasteiger partial charge in [0, 0.05) is 5.22 Å². The van der Waals surface area contributed by atoms with Crippen LogP contribution in [0.5, 0.6) is 5.88 Å². The summed E-state index contributed by atoms with van der Waals surface area (Å²) < 4.78 is 0.651. The van der Waals surface area contributed by atoms with Gasteiger partial charge in [0.2, 0.25) is 0 Å². The number of aromatic hydroxyl groups is 1. The minimum Gasteiger partial charge on any atom is -0.503 e. The van der Waals surface area contributed by atoms with Gasteiger partial charge in [-0.1, -0.05) is 43.5 Å². The lowest BCUT2D eigenvalue weighted by atomic mass is 9.84. The molecule has 8 heteroatoms. The topological polar surface area (TPSA) is 109 Å². The fourth-order valence-electron chi connectivity index (χ4n) is 4.48. The van der Waals surface area contributed by atoms with Crippen LogP contribution in [0, 0.1) is 6.57 Å². The van der Waals surface area contributed by atoms with E-state index >= 15 is 0 Å². The van der Waals surface area contributed by atoms with Crippen molar-refractivity contribution in [2.45, 2.75) is 44.6 Å². The van der Waals surface area contributed by atoms with Crippen LogP contribution in [0.15, 0.2) is 63.6 Å². The monoisotopic (exact) mass is 482 g/mol. The van der Waals surface area contributed by atoms with E-state index in [-0.39, 0.29) is 16.1 Å². The number of carboxylic acids is 1. The third-order valence-electron chi connectivity index (χ3n) is 6.41. The third kappa shape index (κ3) is 5.41. The number of nitrogens with zero attached hydrogens (tertiary/aromatic N) is 4. The lowest BCUT2D eigenvalue weighted by Crippen LogP contribution is -2.45. The largest absolute Gasteiger partial charge is 0.503 e. The van der Waals surface area contributed by atoms with E-state index in [9.17, 15) is 14.7 Å². The average Bonchev–Trinajstić information content (AvgIpc) is 2.89. The van der Waals surface area contributed by atoms with Gasteiger partial charge in [-0.2, -0.15) is 10.2 Å². The SMILES string of the molecule is [C-]#[N+]c1c(O)n(CC(=O)O)c(=O)c(=Cc2ccc(N=Nc3ccc(C4CCCCC4)cc3)cc2)c1=C. The van der Waals surface area contributed by atoms with Crippen molar-refractivity contribution in [1.82, 2.24) is 4.57 Å². The highest BCUT2D eigenvalue weighted by atomic mass is 16.4. The van der Waals surface area contributed by atoms with Gasteiger partial charge in [0.05, 0.1) is 17.9 Å². The van der Waals surface area contributed by atoms with Crippen LogP contribution in [0.2, 0.25) is 0 Å². The van der Waals surface area contributed by atoms with Crippen molar-refractivity contribution >= 4 is 35.7 Å². The summed E-state index contributed by atoms with van der Waals surface area (Å²) in [7, 11) is 0. The lowest BCUT2D eigenvalue weighted by molar-refractivity contribution is -0.137. The number of aromatic nitrogens is 1. The zero-order valence-corrected chi connectivity index (χ0v) is 19.7. The van der Waals surface area contributed by atoms with Crippen LogP contribution in [0.25, 0.3) is 17.5 Å². The molecule has 182 valence electrons. The molecule has 0 saturated heterocycles. The van der Waals surface area contributed by atoms with Gasteiger partial charge in [0.15, 0.2) is 5.88 Å². The van der Waals surface area contributed by atoms with Crippen molar-refractivity contribution in [2.24, 2.45) is 10.2 Å². The first-order chi connectivity index (χ1) is 17.4. The van der Waals surface area contributed by atoms with Gasteiger partial charge in [0.25, 0.3) is 11.2 Å². The number of hydrogen-bond acceptors (Lipinski definition) is 5. The predicted molar refractivity (Wildman–Crippen MR) is 137 cm³/mol. The second kappa shape index (κ2) is 10.8. The van der Waals surface area contributed by atoms with Crippen LogP contribution in [0.1, 0.15) is 49.1 Å². The Kier molecular flexibility index (Phi) is 7.40. The maximum atomic E-state index is 12.8. The summed E-state index contributed by atoms with van der Waals surface area (Å²) in [6, 6.07) is 15.1. The molecule has 0 radical (unpaired) electrons. The van der Waals surface area contributed by atoms with E-state index in [0.29, 0.717) is 21.7 Å². The van der Waals surface area contributed by atoms with E-state index < -0.39 is 24.0 Å². The number of carboxylic acid groups (broad SMARTS) is 1. The van der Waals surface area contributed by atoms with Gasteiger partial charge < -0.3 is 10.2 Å². The Bertz CT molecular complexity index is 1510. The quantitative estimate of drug-likeness (QED) is 0.385. The zero-order valence-electron chi connectivity index (χ0n) is 19.7. The Morgan fingerprint density at radius 3 is 2.19 bits per heavy atom.